The van der Waals surface area contributed by atoms with Crippen LogP contribution in [0.15, 0.2) is 41.6 Å². The topological polar surface area (TPSA) is 88.4 Å². The molecule has 8 nitrogen and oxygen atoms in total. The Labute approximate surface area is 170 Å². The lowest BCUT2D eigenvalue weighted by molar-refractivity contribution is 0.0512. The van der Waals surface area contributed by atoms with Crippen molar-refractivity contribution < 1.29 is 13.2 Å². The van der Waals surface area contributed by atoms with Crippen LogP contribution in [-0.4, -0.2) is 63.7 Å². The van der Waals surface area contributed by atoms with Crippen molar-refractivity contribution in [3.63, 3.8) is 0 Å². The van der Waals surface area contributed by atoms with Gasteiger partial charge in [0.05, 0.1) is 23.3 Å². The third-order valence-electron chi connectivity index (χ3n) is 6.51. The number of fused-ring (bicyclic) bond motifs is 2. The second-order valence-electron chi connectivity index (χ2n) is 8.21. The fourth-order valence-corrected chi connectivity index (χ4v) is 6.60. The molecule has 3 aliphatic heterocycles. The lowest BCUT2D eigenvalue weighted by Crippen LogP contribution is -2.47. The summed E-state index contributed by atoms with van der Waals surface area (Å²) in [5, 5.41) is 8.54. The van der Waals surface area contributed by atoms with Crippen LogP contribution in [0.2, 0.25) is 0 Å². The molecule has 3 saturated heterocycles. The number of amides is 1. The molecule has 2 unspecified atom stereocenters. The smallest absolute Gasteiger partial charge is 0.254 e. The van der Waals surface area contributed by atoms with Crippen molar-refractivity contribution in [1.82, 2.24) is 24.2 Å². The van der Waals surface area contributed by atoms with Crippen LogP contribution in [0.1, 0.15) is 54.9 Å². The Balaban J connectivity index is 1.32. The van der Waals surface area contributed by atoms with Gasteiger partial charge in [0.25, 0.3) is 5.91 Å². The molecule has 29 heavy (non-hydrogen) atoms. The summed E-state index contributed by atoms with van der Waals surface area (Å²) in [4.78, 5) is 17.2. The summed E-state index contributed by atoms with van der Waals surface area (Å²) < 4.78 is 26.9. The fraction of sp³-hybridized carbons (Fsp3) is 0.550. The van der Waals surface area contributed by atoms with Crippen molar-refractivity contribution in [3.05, 3.63) is 42.2 Å². The zero-order valence-electron chi connectivity index (χ0n) is 16.2. The molecule has 9 heteroatoms. The quantitative estimate of drug-likeness (QED) is 0.763. The third kappa shape index (κ3) is 3.26. The molecule has 0 saturated carbocycles. The Morgan fingerprint density at radius 1 is 0.897 bits per heavy atom. The van der Waals surface area contributed by atoms with Crippen LogP contribution in [0.25, 0.3) is 0 Å². The van der Waals surface area contributed by atoms with Crippen molar-refractivity contribution in [1.29, 1.82) is 0 Å². The van der Waals surface area contributed by atoms with Crippen molar-refractivity contribution in [2.24, 2.45) is 0 Å². The summed E-state index contributed by atoms with van der Waals surface area (Å²) in [6.45, 7) is 1.15. The van der Waals surface area contributed by atoms with Gasteiger partial charge in [0.2, 0.25) is 10.0 Å². The SMILES string of the molecule is O=C(c1ccc(S(=O)(=O)N2CCCC2)cc1)N1C2CCC1CC(n1nccn1)C2. The maximum absolute atomic E-state index is 13.2. The van der Waals surface area contributed by atoms with E-state index < -0.39 is 10.0 Å². The van der Waals surface area contributed by atoms with Crippen molar-refractivity contribution in [2.75, 3.05) is 13.1 Å². The van der Waals surface area contributed by atoms with Gasteiger partial charge in [0.1, 0.15) is 0 Å². The molecular formula is C20H25N5O3S. The van der Waals surface area contributed by atoms with E-state index in [-0.39, 0.29) is 28.9 Å². The zero-order valence-corrected chi connectivity index (χ0v) is 17.0. The summed E-state index contributed by atoms with van der Waals surface area (Å²) in [6, 6.07) is 7.07. The van der Waals surface area contributed by atoms with E-state index in [2.05, 4.69) is 10.2 Å². The number of nitrogens with zero attached hydrogens (tertiary/aromatic N) is 5. The zero-order chi connectivity index (χ0) is 20.0. The summed E-state index contributed by atoms with van der Waals surface area (Å²) in [7, 11) is -3.46. The van der Waals surface area contributed by atoms with E-state index in [1.165, 1.54) is 4.31 Å². The second kappa shape index (κ2) is 7.21. The Hall–Kier alpha value is -2.26. The van der Waals surface area contributed by atoms with Gasteiger partial charge in [-0.1, -0.05) is 0 Å². The largest absolute Gasteiger partial charge is 0.333 e. The van der Waals surface area contributed by atoms with E-state index >= 15 is 0 Å². The molecular weight excluding hydrogens is 390 g/mol. The average Bonchev–Trinajstić information content (AvgIpc) is 3.49. The molecule has 0 N–H and O–H groups in total. The van der Waals surface area contributed by atoms with Gasteiger partial charge in [-0.3, -0.25) is 4.79 Å². The number of hydrogen-bond acceptors (Lipinski definition) is 5. The highest BCUT2D eigenvalue weighted by molar-refractivity contribution is 7.89. The van der Waals surface area contributed by atoms with E-state index in [1.54, 1.807) is 41.5 Å². The third-order valence-corrected chi connectivity index (χ3v) is 8.42. The highest BCUT2D eigenvalue weighted by Crippen LogP contribution is 2.41. The predicted octanol–water partition coefficient (Wildman–Crippen LogP) is 2.07. The molecule has 1 aromatic heterocycles. The number of hydrogen-bond donors (Lipinski definition) is 0. The van der Waals surface area contributed by atoms with E-state index in [4.69, 9.17) is 0 Å². The number of piperidine rings is 1. The van der Waals surface area contributed by atoms with E-state index in [0.29, 0.717) is 18.7 Å². The van der Waals surface area contributed by atoms with Gasteiger partial charge in [-0.15, -0.1) is 0 Å². The molecule has 5 rings (SSSR count). The van der Waals surface area contributed by atoms with E-state index in [1.807, 2.05) is 4.90 Å². The maximum Gasteiger partial charge on any atom is 0.254 e. The van der Waals surface area contributed by atoms with Gasteiger partial charge in [0, 0.05) is 30.7 Å². The molecule has 1 aromatic carbocycles. The summed E-state index contributed by atoms with van der Waals surface area (Å²) in [5.74, 6) is -0.00510. The minimum absolute atomic E-state index is 0.00510. The summed E-state index contributed by atoms with van der Waals surface area (Å²) in [6.07, 6.45) is 8.90. The molecule has 154 valence electrons. The van der Waals surface area contributed by atoms with Gasteiger partial charge in [-0.2, -0.15) is 19.3 Å². The number of aromatic nitrogens is 3. The van der Waals surface area contributed by atoms with E-state index in [9.17, 15) is 13.2 Å². The van der Waals surface area contributed by atoms with Gasteiger partial charge in [-0.05, 0) is 62.8 Å². The van der Waals surface area contributed by atoms with Crippen LogP contribution in [0.4, 0.5) is 0 Å². The highest BCUT2D eigenvalue weighted by Gasteiger charge is 2.44. The van der Waals surface area contributed by atoms with Gasteiger partial charge in [0.15, 0.2) is 0 Å². The van der Waals surface area contributed by atoms with Crippen molar-refractivity contribution in [3.8, 4) is 0 Å². The average molecular weight is 416 g/mol. The van der Waals surface area contributed by atoms with Crippen molar-refractivity contribution >= 4 is 15.9 Å². The number of benzene rings is 1. The normalized spacial score (nSPS) is 27.4. The molecule has 2 bridgehead atoms. The van der Waals surface area contributed by atoms with E-state index in [0.717, 1.165) is 38.5 Å². The minimum atomic E-state index is -3.46. The monoisotopic (exact) mass is 415 g/mol. The molecule has 2 aromatic rings. The molecule has 0 radical (unpaired) electrons. The van der Waals surface area contributed by atoms with Crippen LogP contribution in [0.5, 0.6) is 0 Å². The standard InChI is InChI=1S/C20H25N5O3S/c26-20(15-3-7-19(8-4-15)29(27,28)23-11-1-2-12-23)24-16-5-6-17(24)14-18(13-16)25-21-9-10-22-25/h3-4,7-10,16-18H,1-2,5-6,11-14H2. The summed E-state index contributed by atoms with van der Waals surface area (Å²) in [5.41, 5.74) is 0.554. The lowest BCUT2D eigenvalue weighted by Gasteiger charge is -2.38. The number of rotatable bonds is 4. The van der Waals surface area contributed by atoms with Crippen LogP contribution >= 0.6 is 0 Å². The number of carbonyl (C=O) groups excluding carboxylic acids is 1. The lowest BCUT2D eigenvalue weighted by atomic mass is 9.97. The Morgan fingerprint density at radius 3 is 2.07 bits per heavy atom. The highest BCUT2D eigenvalue weighted by atomic mass is 32.2. The molecule has 0 aliphatic carbocycles. The first-order valence-electron chi connectivity index (χ1n) is 10.3. The number of carbonyl (C=O) groups is 1. The van der Waals surface area contributed by atoms with Crippen LogP contribution in [0, 0.1) is 0 Å². The first-order valence-corrected chi connectivity index (χ1v) is 11.8. The van der Waals surface area contributed by atoms with Gasteiger partial charge in [-0.25, -0.2) is 8.42 Å². The first kappa shape index (κ1) is 18.7. The number of sulfonamides is 1. The van der Waals surface area contributed by atoms with Crippen molar-refractivity contribution in [2.45, 2.75) is 61.5 Å². The molecule has 3 fully saturated rings. The summed E-state index contributed by atoms with van der Waals surface area (Å²) >= 11 is 0. The Morgan fingerprint density at radius 2 is 1.48 bits per heavy atom. The molecule has 2 atom stereocenters. The second-order valence-corrected chi connectivity index (χ2v) is 10.1. The first-order chi connectivity index (χ1) is 14.0. The van der Waals surface area contributed by atoms with Crippen LogP contribution in [-0.2, 0) is 10.0 Å². The molecule has 4 heterocycles. The Kier molecular flexibility index (Phi) is 4.66. The Bertz CT molecular complexity index is 970. The van der Waals surface area contributed by atoms with Gasteiger partial charge >= 0.3 is 0 Å². The van der Waals surface area contributed by atoms with Gasteiger partial charge < -0.3 is 4.90 Å². The molecule has 0 spiro atoms. The van der Waals surface area contributed by atoms with Crippen LogP contribution in [0.3, 0.4) is 0 Å². The van der Waals surface area contributed by atoms with Crippen LogP contribution < -0.4 is 0 Å². The fourth-order valence-electron chi connectivity index (χ4n) is 5.08. The molecule has 3 aliphatic rings. The predicted molar refractivity (Wildman–Crippen MR) is 106 cm³/mol. The maximum atomic E-state index is 13.2. The molecule has 1 amide bonds. The minimum Gasteiger partial charge on any atom is -0.333 e.